The Bertz CT molecular complexity index is 981. The van der Waals surface area contributed by atoms with Crippen LogP contribution in [0.3, 0.4) is 0 Å². The molecule has 3 aromatic rings. The van der Waals surface area contributed by atoms with Gasteiger partial charge in [0.1, 0.15) is 0 Å². The molecule has 0 aliphatic heterocycles. The SMILES string of the molecule is O=C(O)c1ccc(-n2c(=O)[nH]c3cc(NCC4CCC4)ccc32)cc1. The van der Waals surface area contributed by atoms with Gasteiger partial charge < -0.3 is 15.4 Å². The van der Waals surface area contributed by atoms with E-state index >= 15 is 0 Å². The predicted octanol–water partition coefficient (Wildman–Crippen LogP) is 3.23. The van der Waals surface area contributed by atoms with E-state index in [1.807, 2.05) is 18.2 Å². The number of benzene rings is 2. The Hall–Kier alpha value is -3.02. The monoisotopic (exact) mass is 337 g/mol. The molecule has 0 unspecified atom stereocenters. The minimum absolute atomic E-state index is 0.194. The molecule has 6 heteroatoms. The molecule has 1 aliphatic rings. The van der Waals surface area contributed by atoms with E-state index in [0.717, 1.165) is 29.2 Å². The molecule has 2 aromatic carbocycles. The zero-order chi connectivity index (χ0) is 17.4. The molecular weight excluding hydrogens is 318 g/mol. The Morgan fingerprint density at radius 1 is 1.20 bits per heavy atom. The van der Waals surface area contributed by atoms with Gasteiger partial charge >= 0.3 is 11.7 Å². The molecule has 0 saturated heterocycles. The summed E-state index contributed by atoms with van der Waals surface area (Å²) in [5.41, 5.74) is 3.10. The fourth-order valence-electron chi connectivity index (χ4n) is 3.19. The Labute approximate surface area is 144 Å². The third-order valence-electron chi connectivity index (χ3n) is 4.87. The summed E-state index contributed by atoms with van der Waals surface area (Å²) in [4.78, 5) is 26.2. The number of aromatic amines is 1. The molecule has 1 aromatic heterocycles. The number of hydrogen-bond donors (Lipinski definition) is 3. The van der Waals surface area contributed by atoms with Crippen molar-refractivity contribution in [1.82, 2.24) is 9.55 Å². The standard InChI is InChI=1S/C19H19N3O3/c23-18(24)13-4-7-15(8-5-13)22-17-9-6-14(10-16(17)21-19(22)25)20-11-12-2-1-3-12/h4-10,12,20H,1-3,11H2,(H,21,25)(H,23,24). The van der Waals surface area contributed by atoms with Crippen molar-refractivity contribution in [1.29, 1.82) is 0 Å². The minimum Gasteiger partial charge on any atom is -0.478 e. The third kappa shape index (κ3) is 2.91. The normalized spacial score (nSPS) is 14.4. The lowest BCUT2D eigenvalue weighted by Gasteiger charge is -2.25. The van der Waals surface area contributed by atoms with Crippen molar-refractivity contribution in [3.63, 3.8) is 0 Å². The number of imidazole rings is 1. The lowest BCUT2D eigenvalue weighted by Crippen LogP contribution is -2.20. The van der Waals surface area contributed by atoms with Gasteiger partial charge in [0.05, 0.1) is 22.3 Å². The molecule has 0 atom stereocenters. The Morgan fingerprint density at radius 3 is 2.60 bits per heavy atom. The highest BCUT2D eigenvalue weighted by Gasteiger charge is 2.17. The lowest BCUT2D eigenvalue weighted by atomic mass is 9.85. The molecule has 0 spiro atoms. The van der Waals surface area contributed by atoms with E-state index in [0.29, 0.717) is 5.69 Å². The fourth-order valence-corrected chi connectivity index (χ4v) is 3.19. The Morgan fingerprint density at radius 2 is 1.96 bits per heavy atom. The second-order valence-electron chi connectivity index (χ2n) is 6.53. The first-order valence-electron chi connectivity index (χ1n) is 8.44. The van der Waals surface area contributed by atoms with Crippen LogP contribution in [0.25, 0.3) is 16.7 Å². The Kier molecular flexibility index (Phi) is 3.80. The second-order valence-corrected chi connectivity index (χ2v) is 6.53. The molecule has 0 bridgehead atoms. The van der Waals surface area contributed by atoms with E-state index in [9.17, 15) is 9.59 Å². The van der Waals surface area contributed by atoms with Gasteiger partial charge in [0.15, 0.2) is 0 Å². The van der Waals surface area contributed by atoms with Gasteiger partial charge in [0, 0.05) is 12.2 Å². The average Bonchev–Trinajstić information content (AvgIpc) is 2.88. The summed E-state index contributed by atoms with van der Waals surface area (Å²) in [6, 6.07) is 12.1. The molecule has 0 radical (unpaired) electrons. The maximum atomic E-state index is 12.4. The van der Waals surface area contributed by atoms with Crippen LogP contribution in [-0.2, 0) is 0 Å². The topological polar surface area (TPSA) is 87.1 Å². The maximum absolute atomic E-state index is 12.4. The van der Waals surface area contributed by atoms with Gasteiger partial charge in [-0.1, -0.05) is 6.42 Å². The first-order chi connectivity index (χ1) is 12.1. The van der Waals surface area contributed by atoms with Crippen molar-refractivity contribution in [2.24, 2.45) is 5.92 Å². The van der Waals surface area contributed by atoms with Gasteiger partial charge in [-0.05, 0) is 61.2 Å². The largest absolute Gasteiger partial charge is 0.478 e. The highest BCUT2D eigenvalue weighted by atomic mass is 16.4. The van der Waals surface area contributed by atoms with Crippen molar-refractivity contribution >= 4 is 22.7 Å². The maximum Gasteiger partial charge on any atom is 0.335 e. The van der Waals surface area contributed by atoms with E-state index in [1.54, 1.807) is 16.7 Å². The van der Waals surface area contributed by atoms with Crippen LogP contribution in [0.1, 0.15) is 29.6 Å². The van der Waals surface area contributed by atoms with Crippen molar-refractivity contribution in [3.8, 4) is 5.69 Å². The van der Waals surface area contributed by atoms with E-state index < -0.39 is 5.97 Å². The first-order valence-corrected chi connectivity index (χ1v) is 8.44. The number of carboxylic acid groups (broad SMARTS) is 1. The summed E-state index contributed by atoms with van der Waals surface area (Å²) in [5.74, 6) is -0.230. The number of rotatable bonds is 5. The van der Waals surface area contributed by atoms with E-state index in [2.05, 4.69) is 10.3 Å². The summed E-state index contributed by atoms with van der Waals surface area (Å²) in [6.45, 7) is 0.965. The smallest absolute Gasteiger partial charge is 0.335 e. The molecule has 6 nitrogen and oxygen atoms in total. The molecule has 4 rings (SSSR count). The van der Waals surface area contributed by atoms with Crippen molar-refractivity contribution in [2.45, 2.75) is 19.3 Å². The summed E-state index contributed by atoms with van der Waals surface area (Å²) in [7, 11) is 0. The molecule has 0 amide bonds. The van der Waals surface area contributed by atoms with Crippen LogP contribution >= 0.6 is 0 Å². The van der Waals surface area contributed by atoms with E-state index in [1.165, 1.54) is 31.4 Å². The molecule has 1 saturated carbocycles. The lowest BCUT2D eigenvalue weighted by molar-refractivity contribution is 0.0697. The molecule has 3 N–H and O–H groups in total. The number of hydrogen-bond acceptors (Lipinski definition) is 3. The third-order valence-corrected chi connectivity index (χ3v) is 4.87. The second kappa shape index (κ2) is 6.12. The van der Waals surface area contributed by atoms with Crippen molar-refractivity contribution in [3.05, 3.63) is 58.5 Å². The van der Waals surface area contributed by atoms with E-state index in [-0.39, 0.29) is 11.3 Å². The summed E-state index contributed by atoms with van der Waals surface area (Å²) >= 11 is 0. The number of fused-ring (bicyclic) bond motifs is 1. The van der Waals surface area contributed by atoms with Gasteiger partial charge in [-0.15, -0.1) is 0 Å². The van der Waals surface area contributed by atoms with Gasteiger partial charge in [-0.3, -0.25) is 4.57 Å². The quantitative estimate of drug-likeness (QED) is 0.667. The van der Waals surface area contributed by atoms with Crippen LogP contribution in [0, 0.1) is 5.92 Å². The van der Waals surface area contributed by atoms with Crippen LogP contribution in [-0.4, -0.2) is 27.2 Å². The highest BCUT2D eigenvalue weighted by molar-refractivity contribution is 5.88. The number of H-pyrrole nitrogens is 1. The summed E-state index contributed by atoms with van der Waals surface area (Å²) in [5, 5.41) is 12.4. The fraction of sp³-hybridized carbons (Fsp3) is 0.263. The van der Waals surface area contributed by atoms with Gasteiger partial charge in [0.2, 0.25) is 0 Å². The number of carbonyl (C=O) groups is 1. The number of aromatic carboxylic acids is 1. The summed E-state index contributed by atoms with van der Waals surface area (Å²) in [6.07, 6.45) is 3.89. The number of carboxylic acids is 1. The molecule has 128 valence electrons. The first kappa shape index (κ1) is 15.5. The molecule has 1 heterocycles. The van der Waals surface area contributed by atoms with Crippen LogP contribution < -0.4 is 11.0 Å². The van der Waals surface area contributed by atoms with Crippen LogP contribution in [0.2, 0.25) is 0 Å². The highest BCUT2D eigenvalue weighted by Crippen LogP contribution is 2.27. The molecule has 1 fully saturated rings. The van der Waals surface area contributed by atoms with Gasteiger partial charge in [-0.25, -0.2) is 9.59 Å². The zero-order valence-electron chi connectivity index (χ0n) is 13.7. The Balaban J connectivity index is 1.65. The average molecular weight is 337 g/mol. The number of aromatic nitrogens is 2. The van der Waals surface area contributed by atoms with Crippen LogP contribution in [0.4, 0.5) is 5.69 Å². The number of anilines is 1. The van der Waals surface area contributed by atoms with Crippen molar-refractivity contribution in [2.75, 3.05) is 11.9 Å². The molecular formula is C19H19N3O3. The minimum atomic E-state index is -0.986. The van der Waals surface area contributed by atoms with Gasteiger partial charge in [0.25, 0.3) is 0 Å². The zero-order valence-corrected chi connectivity index (χ0v) is 13.7. The van der Waals surface area contributed by atoms with E-state index in [4.69, 9.17) is 5.11 Å². The van der Waals surface area contributed by atoms with Crippen LogP contribution in [0.5, 0.6) is 0 Å². The van der Waals surface area contributed by atoms with Gasteiger partial charge in [-0.2, -0.15) is 0 Å². The van der Waals surface area contributed by atoms with Crippen molar-refractivity contribution < 1.29 is 9.90 Å². The van der Waals surface area contributed by atoms with Crippen LogP contribution in [0.15, 0.2) is 47.3 Å². The molecule has 1 aliphatic carbocycles. The molecule has 25 heavy (non-hydrogen) atoms. The number of nitrogens with zero attached hydrogens (tertiary/aromatic N) is 1. The number of nitrogens with one attached hydrogen (secondary N) is 2. The predicted molar refractivity (Wildman–Crippen MR) is 96.7 cm³/mol. The summed E-state index contributed by atoms with van der Waals surface area (Å²) < 4.78 is 1.55.